The monoisotopic (exact) mass is 274 g/mol. The lowest BCUT2D eigenvalue weighted by Crippen LogP contribution is -2.15. The van der Waals surface area contributed by atoms with Gasteiger partial charge in [0.25, 0.3) is 0 Å². The second-order valence-electron chi connectivity index (χ2n) is 4.76. The zero-order valence-corrected chi connectivity index (χ0v) is 11.4. The van der Waals surface area contributed by atoms with Gasteiger partial charge in [0.15, 0.2) is 17.3 Å². The van der Waals surface area contributed by atoms with Gasteiger partial charge in [0, 0.05) is 19.8 Å². The van der Waals surface area contributed by atoms with Crippen LogP contribution in [0.2, 0.25) is 0 Å². The minimum Gasteiger partial charge on any atom is -0.486 e. The van der Waals surface area contributed by atoms with Crippen molar-refractivity contribution in [2.24, 2.45) is 7.05 Å². The first-order valence-corrected chi connectivity index (χ1v) is 6.64. The Morgan fingerprint density at radius 3 is 2.85 bits per heavy atom. The summed E-state index contributed by atoms with van der Waals surface area (Å²) in [6.07, 6.45) is 2.65. The van der Waals surface area contributed by atoms with Crippen molar-refractivity contribution in [1.29, 1.82) is 0 Å². The Balaban J connectivity index is 1.60. The Morgan fingerprint density at radius 1 is 1.30 bits per heavy atom. The van der Waals surface area contributed by atoms with Gasteiger partial charge in [-0.1, -0.05) is 6.07 Å². The SMILES string of the molecule is Cn1cc(N)c(NCCc2ccc3c(c2)OCCO3)n1. The van der Waals surface area contributed by atoms with Crippen molar-refractivity contribution in [3.05, 3.63) is 30.0 Å². The van der Waals surface area contributed by atoms with Crippen LogP contribution in [0, 0.1) is 0 Å². The van der Waals surface area contributed by atoms with Crippen LogP contribution < -0.4 is 20.5 Å². The molecule has 0 saturated carbocycles. The number of ether oxygens (including phenoxy) is 2. The van der Waals surface area contributed by atoms with Gasteiger partial charge in [-0.05, 0) is 24.1 Å². The minimum absolute atomic E-state index is 0.610. The predicted molar refractivity (Wildman–Crippen MR) is 77.2 cm³/mol. The maximum absolute atomic E-state index is 5.83. The maximum atomic E-state index is 5.83. The van der Waals surface area contributed by atoms with Crippen LogP contribution in [0.4, 0.5) is 11.5 Å². The first-order valence-electron chi connectivity index (χ1n) is 6.64. The number of aryl methyl sites for hydroxylation is 1. The summed E-state index contributed by atoms with van der Waals surface area (Å²) in [5.74, 6) is 2.37. The molecule has 106 valence electrons. The lowest BCUT2D eigenvalue weighted by atomic mass is 10.1. The fourth-order valence-corrected chi connectivity index (χ4v) is 2.21. The standard InChI is InChI=1S/C14H18N4O2/c1-18-9-11(15)14(17-18)16-5-4-10-2-3-12-13(8-10)20-7-6-19-12/h2-3,8-9H,4-7,15H2,1H3,(H,16,17). The van der Waals surface area contributed by atoms with Gasteiger partial charge < -0.3 is 20.5 Å². The van der Waals surface area contributed by atoms with E-state index in [9.17, 15) is 0 Å². The van der Waals surface area contributed by atoms with Crippen LogP contribution in [0.1, 0.15) is 5.56 Å². The summed E-state index contributed by atoms with van der Waals surface area (Å²) in [6.45, 7) is 1.99. The summed E-state index contributed by atoms with van der Waals surface area (Å²) >= 11 is 0. The normalized spacial score (nSPS) is 13.2. The molecule has 1 aromatic carbocycles. The van der Waals surface area contributed by atoms with E-state index in [1.807, 2.05) is 19.2 Å². The van der Waals surface area contributed by atoms with E-state index in [1.165, 1.54) is 5.56 Å². The molecule has 20 heavy (non-hydrogen) atoms. The van der Waals surface area contributed by atoms with E-state index < -0.39 is 0 Å². The average molecular weight is 274 g/mol. The van der Waals surface area contributed by atoms with E-state index >= 15 is 0 Å². The van der Waals surface area contributed by atoms with Crippen molar-refractivity contribution < 1.29 is 9.47 Å². The molecule has 2 aromatic rings. The highest BCUT2D eigenvalue weighted by Gasteiger charge is 2.11. The molecular weight excluding hydrogens is 256 g/mol. The van der Waals surface area contributed by atoms with Gasteiger partial charge in [-0.15, -0.1) is 0 Å². The highest BCUT2D eigenvalue weighted by Crippen LogP contribution is 2.30. The summed E-state index contributed by atoms with van der Waals surface area (Å²) in [6, 6.07) is 6.04. The minimum atomic E-state index is 0.610. The fourth-order valence-electron chi connectivity index (χ4n) is 2.21. The molecule has 0 atom stereocenters. The molecule has 3 rings (SSSR count). The number of nitrogens with one attached hydrogen (secondary N) is 1. The lowest BCUT2D eigenvalue weighted by molar-refractivity contribution is 0.171. The van der Waals surface area contributed by atoms with Gasteiger partial charge in [0.1, 0.15) is 13.2 Å². The van der Waals surface area contributed by atoms with Crippen LogP contribution in [-0.2, 0) is 13.5 Å². The molecule has 3 N–H and O–H groups in total. The molecule has 6 heteroatoms. The van der Waals surface area contributed by atoms with Crippen molar-refractivity contribution in [2.45, 2.75) is 6.42 Å². The molecule has 1 aromatic heterocycles. The smallest absolute Gasteiger partial charge is 0.171 e. The Hall–Kier alpha value is -2.37. The number of nitrogens with zero attached hydrogens (tertiary/aromatic N) is 2. The second kappa shape index (κ2) is 5.32. The molecule has 0 bridgehead atoms. The van der Waals surface area contributed by atoms with Crippen molar-refractivity contribution >= 4 is 11.5 Å². The zero-order valence-electron chi connectivity index (χ0n) is 11.4. The van der Waals surface area contributed by atoms with Gasteiger partial charge >= 0.3 is 0 Å². The number of rotatable bonds is 4. The van der Waals surface area contributed by atoms with Crippen molar-refractivity contribution in [3.63, 3.8) is 0 Å². The van der Waals surface area contributed by atoms with Gasteiger partial charge in [0.05, 0.1) is 5.69 Å². The van der Waals surface area contributed by atoms with Crippen LogP contribution in [0.15, 0.2) is 24.4 Å². The topological polar surface area (TPSA) is 74.3 Å². The quantitative estimate of drug-likeness (QED) is 0.882. The van der Waals surface area contributed by atoms with E-state index in [2.05, 4.69) is 16.5 Å². The molecule has 0 spiro atoms. The molecule has 0 radical (unpaired) electrons. The Labute approximate surface area is 117 Å². The predicted octanol–water partition coefficient (Wildman–Crippen LogP) is 1.43. The molecule has 6 nitrogen and oxygen atoms in total. The fraction of sp³-hybridized carbons (Fsp3) is 0.357. The van der Waals surface area contributed by atoms with E-state index in [0.717, 1.165) is 30.3 Å². The number of benzene rings is 1. The highest BCUT2D eigenvalue weighted by atomic mass is 16.6. The van der Waals surface area contributed by atoms with Crippen LogP contribution in [-0.4, -0.2) is 29.5 Å². The van der Waals surface area contributed by atoms with E-state index in [-0.39, 0.29) is 0 Å². The molecule has 0 fully saturated rings. The Bertz CT molecular complexity index is 609. The third-order valence-electron chi connectivity index (χ3n) is 3.17. The third-order valence-corrected chi connectivity index (χ3v) is 3.17. The summed E-state index contributed by atoms with van der Waals surface area (Å²) in [7, 11) is 1.85. The molecule has 0 unspecified atom stereocenters. The summed E-state index contributed by atoms with van der Waals surface area (Å²) in [4.78, 5) is 0. The number of aromatic nitrogens is 2. The summed E-state index contributed by atoms with van der Waals surface area (Å²) in [5, 5.41) is 7.48. The molecule has 1 aliphatic rings. The van der Waals surface area contributed by atoms with Crippen LogP contribution in [0.25, 0.3) is 0 Å². The number of hydrogen-bond acceptors (Lipinski definition) is 5. The van der Waals surface area contributed by atoms with E-state index in [0.29, 0.717) is 18.9 Å². The largest absolute Gasteiger partial charge is 0.486 e. The molecule has 0 saturated heterocycles. The first kappa shape index (κ1) is 12.7. The van der Waals surface area contributed by atoms with Gasteiger partial charge in [-0.25, -0.2) is 0 Å². The molecular formula is C14H18N4O2. The maximum Gasteiger partial charge on any atom is 0.171 e. The Kier molecular flexibility index (Phi) is 3.37. The van der Waals surface area contributed by atoms with Crippen molar-refractivity contribution in [1.82, 2.24) is 9.78 Å². The summed E-state index contributed by atoms with van der Waals surface area (Å²) in [5.41, 5.74) is 7.68. The number of nitrogen functional groups attached to an aromatic ring is 1. The first-order chi connectivity index (χ1) is 9.72. The van der Waals surface area contributed by atoms with E-state index in [1.54, 1.807) is 10.9 Å². The van der Waals surface area contributed by atoms with E-state index in [4.69, 9.17) is 15.2 Å². The molecule has 0 amide bonds. The Morgan fingerprint density at radius 2 is 2.10 bits per heavy atom. The van der Waals surface area contributed by atoms with Crippen LogP contribution in [0.5, 0.6) is 11.5 Å². The molecule has 1 aliphatic heterocycles. The van der Waals surface area contributed by atoms with Gasteiger partial charge in [0.2, 0.25) is 0 Å². The molecule has 2 heterocycles. The number of hydrogen-bond donors (Lipinski definition) is 2. The summed E-state index contributed by atoms with van der Waals surface area (Å²) < 4.78 is 12.8. The van der Waals surface area contributed by atoms with Crippen LogP contribution in [0.3, 0.4) is 0 Å². The molecule has 0 aliphatic carbocycles. The number of anilines is 2. The van der Waals surface area contributed by atoms with Gasteiger partial charge in [-0.2, -0.15) is 5.10 Å². The van der Waals surface area contributed by atoms with Crippen molar-refractivity contribution in [2.75, 3.05) is 30.8 Å². The highest BCUT2D eigenvalue weighted by molar-refractivity contribution is 5.59. The second-order valence-corrected chi connectivity index (χ2v) is 4.76. The lowest BCUT2D eigenvalue weighted by Gasteiger charge is -2.18. The average Bonchev–Trinajstić information content (AvgIpc) is 2.77. The van der Waals surface area contributed by atoms with Crippen molar-refractivity contribution in [3.8, 4) is 11.5 Å². The van der Waals surface area contributed by atoms with Gasteiger partial charge in [-0.3, -0.25) is 4.68 Å². The third kappa shape index (κ3) is 2.64. The zero-order chi connectivity index (χ0) is 13.9. The van der Waals surface area contributed by atoms with Crippen LogP contribution >= 0.6 is 0 Å². The number of nitrogens with two attached hydrogens (primary N) is 1. The number of fused-ring (bicyclic) bond motifs is 1.